The molecule has 270 valence electrons. The fourth-order valence-electron chi connectivity index (χ4n) is 7.83. The fourth-order valence-corrected chi connectivity index (χ4v) is 7.83. The summed E-state index contributed by atoms with van der Waals surface area (Å²) in [6.07, 6.45) is 12.1. The normalized spacial score (nSPS) is 36.0. The Morgan fingerprint density at radius 3 is 1.48 bits per heavy atom. The Labute approximate surface area is 277 Å². The van der Waals surface area contributed by atoms with E-state index in [0.717, 1.165) is 51.4 Å². The van der Waals surface area contributed by atoms with Gasteiger partial charge in [-0.1, -0.05) is 46.0 Å². The zero-order valence-corrected chi connectivity index (χ0v) is 28.7. The van der Waals surface area contributed by atoms with Crippen LogP contribution in [0, 0.1) is 17.8 Å². The number of nitrogens with one attached hydrogen (secondary N) is 3. The van der Waals surface area contributed by atoms with Gasteiger partial charge in [-0.2, -0.15) is 0 Å². The molecule has 3 saturated carbocycles. The van der Waals surface area contributed by atoms with Crippen molar-refractivity contribution in [3.8, 4) is 0 Å². The van der Waals surface area contributed by atoms with E-state index >= 15 is 0 Å². The summed E-state index contributed by atoms with van der Waals surface area (Å²) in [6.45, 7) is 6.54. The highest BCUT2D eigenvalue weighted by Gasteiger charge is 2.44. The van der Waals surface area contributed by atoms with Crippen LogP contribution in [0.4, 0.5) is 0 Å². The number of aliphatic hydroxyl groups is 4. The van der Waals surface area contributed by atoms with Crippen molar-refractivity contribution in [2.75, 3.05) is 39.6 Å². The molecule has 0 aromatic rings. The van der Waals surface area contributed by atoms with E-state index in [4.69, 9.17) is 18.9 Å². The maximum Gasteiger partial charge on any atom is 0.101 e. The smallest absolute Gasteiger partial charge is 0.101 e. The Bertz CT molecular complexity index is 754. The van der Waals surface area contributed by atoms with E-state index in [1.807, 2.05) is 0 Å². The topological polar surface area (TPSA) is 154 Å². The van der Waals surface area contributed by atoms with Gasteiger partial charge in [-0.05, 0) is 70.1 Å². The first kappa shape index (κ1) is 38.4. The monoisotopic (exact) mass is 657 g/mol. The molecule has 1 aliphatic heterocycles. The molecule has 0 spiro atoms. The van der Waals surface area contributed by atoms with Gasteiger partial charge in [0.1, 0.15) is 12.2 Å². The summed E-state index contributed by atoms with van der Waals surface area (Å²) in [5.74, 6) is 0.572. The molecule has 10 unspecified atom stereocenters. The minimum Gasteiger partial charge on any atom is -0.393 e. The van der Waals surface area contributed by atoms with Crippen LogP contribution in [-0.2, 0) is 18.9 Å². The largest absolute Gasteiger partial charge is 0.393 e. The van der Waals surface area contributed by atoms with Crippen molar-refractivity contribution in [3.63, 3.8) is 0 Å². The number of aliphatic hydroxyl groups excluding tert-OH is 4. The van der Waals surface area contributed by atoms with E-state index in [2.05, 4.69) is 29.8 Å². The average molecular weight is 658 g/mol. The first-order chi connectivity index (χ1) is 22.4. The van der Waals surface area contributed by atoms with Crippen LogP contribution in [0.25, 0.3) is 0 Å². The minimum absolute atomic E-state index is 0.0238. The Balaban J connectivity index is 1.27. The van der Waals surface area contributed by atoms with Gasteiger partial charge >= 0.3 is 0 Å². The van der Waals surface area contributed by atoms with Gasteiger partial charge in [0.2, 0.25) is 0 Å². The van der Waals surface area contributed by atoms with E-state index in [0.29, 0.717) is 32.0 Å². The van der Waals surface area contributed by atoms with E-state index in [1.165, 1.54) is 32.1 Å². The predicted octanol–water partition coefficient (Wildman–Crippen LogP) is 2.78. The van der Waals surface area contributed by atoms with Crippen LogP contribution in [0.1, 0.15) is 110 Å². The van der Waals surface area contributed by atoms with Crippen molar-refractivity contribution in [2.24, 2.45) is 17.8 Å². The number of ether oxygens (including phenoxy) is 4. The van der Waals surface area contributed by atoms with Gasteiger partial charge in [0.05, 0.1) is 69.3 Å². The molecule has 1 heterocycles. The molecule has 10 atom stereocenters. The minimum atomic E-state index is -0.655. The van der Waals surface area contributed by atoms with Crippen LogP contribution < -0.4 is 16.0 Å². The lowest BCUT2D eigenvalue weighted by molar-refractivity contribution is -0.0981. The molecule has 0 radical (unpaired) electrons. The van der Waals surface area contributed by atoms with Crippen molar-refractivity contribution in [2.45, 2.75) is 165 Å². The van der Waals surface area contributed by atoms with E-state index < -0.39 is 24.4 Å². The van der Waals surface area contributed by atoms with Crippen LogP contribution in [0.3, 0.4) is 0 Å². The molecule has 3 aliphatic carbocycles. The van der Waals surface area contributed by atoms with Gasteiger partial charge in [0, 0.05) is 25.0 Å². The zero-order chi connectivity index (χ0) is 32.7. The first-order valence-electron chi connectivity index (χ1n) is 18.8. The van der Waals surface area contributed by atoms with Gasteiger partial charge < -0.3 is 39.4 Å². The number of hydrogen-bond acceptors (Lipinski definition) is 11. The summed E-state index contributed by atoms with van der Waals surface area (Å²) in [5.41, 5.74) is 0. The van der Waals surface area contributed by atoms with Crippen molar-refractivity contribution in [1.82, 2.24) is 16.0 Å². The summed E-state index contributed by atoms with van der Waals surface area (Å²) >= 11 is 0. The number of unbranched alkanes of at least 4 members (excludes halogenated alkanes) is 2. The van der Waals surface area contributed by atoms with Crippen molar-refractivity contribution >= 4 is 0 Å². The predicted molar refractivity (Wildman–Crippen MR) is 177 cm³/mol. The molecular formula is C35H67N3O8. The Morgan fingerprint density at radius 1 is 0.587 bits per heavy atom. The fraction of sp³-hybridized carbons (Fsp3) is 1.00. The Hall–Kier alpha value is -0.440. The van der Waals surface area contributed by atoms with E-state index in [-0.39, 0.29) is 69.0 Å². The molecule has 11 heteroatoms. The highest BCUT2D eigenvalue weighted by Crippen LogP contribution is 2.35. The van der Waals surface area contributed by atoms with E-state index in [9.17, 15) is 20.4 Å². The van der Waals surface area contributed by atoms with Crippen molar-refractivity contribution in [3.05, 3.63) is 0 Å². The lowest BCUT2D eigenvalue weighted by Crippen LogP contribution is -2.74. The quantitative estimate of drug-likeness (QED) is 0.103. The molecule has 11 nitrogen and oxygen atoms in total. The summed E-state index contributed by atoms with van der Waals surface area (Å²) in [5, 5.41) is 54.7. The van der Waals surface area contributed by atoms with Gasteiger partial charge in [-0.3, -0.25) is 16.0 Å². The molecule has 1 saturated heterocycles. The molecule has 0 bridgehead atoms. The summed E-state index contributed by atoms with van der Waals surface area (Å²) in [6, 6.07) is 0. The molecule has 0 aromatic carbocycles. The summed E-state index contributed by atoms with van der Waals surface area (Å²) in [7, 11) is 0. The van der Waals surface area contributed by atoms with Gasteiger partial charge in [-0.25, -0.2) is 0 Å². The molecule has 4 aliphatic rings. The lowest BCUT2D eigenvalue weighted by Gasteiger charge is -2.50. The first-order valence-corrected chi connectivity index (χ1v) is 18.8. The molecule has 0 amide bonds. The van der Waals surface area contributed by atoms with Gasteiger partial charge in [0.25, 0.3) is 0 Å². The zero-order valence-electron chi connectivity index (χ0n) is 28.7. The second-order valence-electron chi connectivity index (χ2n) is 14.5. The third kappa shape index (κ3) is 12.5. The SMILES string of the molecule is CCCCOCC(O)COC1CCC(C2NC(C3CCCCC3)NC(C3CCC(OCC(O)COCCCC)CC3O)N2)C(O)C1. The molecule has 0 aromatic heterocycles. The van der Waals surface area contributed by atoms with Crippen LogP contribution in [-0.4, -0.2) is 115 Å². The molecule has 7 N–H and O–H groups in total. The standard InChI is InChI=1S/C35H67N3O8/c1-3-5-16-43-20-25(39)22-45-27-12-14-29(31(41)18-27)34-36-33(24-10-8-7-9-11-24)37-35(38-34)30-15-13-28(19-32(30)42)46-23-26(40)21-44-17-6-4-2/h24-42H,3-23H2,1-2H3. The molecule has 4 fully saturated rings. The van der Waals surface area contributed by atoms with Gasteiger partial charge in [-0.15, -0.1) is 0 Å². The highest BCUT2D eigenvalue weighted by molar-refractivity contribution is 4.98. The molecular weight excluding hydrogens is 590 g/mol. The van der Waals surface area contributed by atoms with Crippen molar-refractivity contribution < 1.29 is 39.4 Å². The Kier molecular flexibility index (Phi) is 17.5. The maximum atomic E-state index is 11.4. The van der Waals surface area contributed by atoms with E-state index in [1.54, 1.807) is 0 Å². The van der Waals surface area contributed by atoms with Crippen LogP contribution in [0.5, 0.6) is 0 Å². The third-order valence-corrected chi connectivity index (χ3v) is 10.6. The maximum absolute atomic E-state index is 11.4. The second-order valence-corrected chi connectivity index (χ2v) is 14.5. The summed E-state index contributed by atoms with van der Waals surface area (Å²) in [4.78, 5) is 0. The van der Waals surface area contributed by atoms with Crippen molar-refractivity contribution in [1.29, 1.82) is 0 Å². The second kappa shape index (κ2) is 20.9. The highest BCUT2D eigenvalue weighted by atomic mass is 16.5. The van der Waals surface area contributed by atoms with Crippen LogP contribution in [0.2, 0.25) is 0 Å². The lowest BCUT2D eigenvalue weighted by atomic mass is 9.78. The average Bonchev–Trinajstić information content (AvgIpc) is 3.07. The van der Waals surface area contributed by atoms with Gasteiger partial charge in [0.15, 0.2) is 0 Å². The number of rotatable bonds is 19. The molecule has 4 rings (SSSR count). The van der Waals surface area contributed by atoms with Crippen LogP contribution in [0.15, 0.2) is 0 Å². The Morgan fingerprint density at radius 2 is 1.04 bits per heavy atom. The molecule has 46 heavy (non-hydrogen) atoms. The third-order valence-electron chi connectivity index (χ3n) is 10.6. The van der Waals surface area contributed by atoms with Crippen LogP contribution >= 0.6 is 0 Å². The summed E-state index contributed by atoms with van der Waals surface area (Å²) < 4.78 is 23.1. The number of hydrogen-bond donors (Lipinski definition) is 7.